The number of aromatic nitrogens is 2. The lowest BCUT2D eigenvalue weighted by atomic mass is 10.1. The number of thiophene rings is 1. The topological polar surface area (TPSA) is 47.3 Å². The summed E-state index contributed by atoms with van der Waals surface area (Å²) in [4.78, 5) is 0.858. The van der Waals surface area contributed by atoms with Crippen molar-refractivity contribution in [1.82, 2.24) is 9.78 Å². The third-order valence-electron chi connectivity index (χ3n) is 2.77. The van der Waals surface area contributed by atoms with Gasteiger partial charge >= 0.3 is 0 Å². The van der Waals surface area contributed by atoms with Crippen LogP contribution in [0.3, 0.4) is 0 Å². The van der Waals surface area contributed by atoms with Gasteiger partial charge in [-0.15, -0.1) is 11.3 Å². The Morgan fingerprint density at radius 3 is 2.83 bits per heavy atom. The summed E-state index contributed by atoms with van der Waals surface area (Å²) >= 11 is 1.50. The highest BCUT2D eigenvalue weighted by Crippen LogP contribution is 2.32. The highest BCUT2D eigenvalue weighted by molar-refractivity contribution is 7.10. The molecular weight excluding hydrogens is 248 g/mol. The maximum atomic E-state index is 10.2. The highest BCUT2D eigenvalue weighted by Gasteiger charge is 2.16. The second-order valence-electron chi connectivity index (χ2n) is 4.45. The number of nitrogens with zero attached hydrogens (tertiary/aromatic N) is 2. The number of ether oxygens (including phenoxy) is 1. The summed E-state index contributed by atoms with van der Waals surface area (Å²) in [5, 5.41) is 16.6. The zero-order valence-electron chi connectivity index (χ0n) is 10.8. The van der Waals surface area contributed by atoms with Crippen molar-refractivity contribution in [1.29, 1.82) is 0 Å². The second-order valence-corrected chi connectivity index (χ2v) is 5.40. The smallest absolute Gasteiger partial charge is 0.135 e. The van der Waals surface area contributed by atoms with Crippen molar-refractivity contribution in [3.63, 3.8) is 0 Å². The van der Waals surface area contributed by atoms with E-state index in [1.54, 1.807) is 7.11 Å². The van der Waals surface area contributed by atoms with Crippen molar-refractivity contribution >= 4 is 11.3 Å². The van der Waals surface area contributed by atoms with Crippen LogP contribution < -0.4 is 4.74 Å². The van der Waals surface area contributed by atoms with Gasteiger partial charge in [0.05, 0.1) is 23.8 Å². The number of aliphatic hydroxyl groups is 1. The van der Waals surface area contributed by atoms with Crippen LogP contribution in [0.15, 0.2) is 23.7 Å². The largest absolute Gasteiger partial charge is 0.495 e. The monoisotopic (exact) mass is 266 g/mol. The fourth-order valence-electron chi connectivity index (χ4n) is 1.79. The van der Waals surface area contributed by atoms with Crippen LogP contribution in [-0.2, 0) is 6.42 Å². The van der Waals surface area contributed by atoms with Crippen LogP contribution in [0.1, 0.15) is 36.6 Å². The van der Waals surface area contributed by atoms with E-state index in [9.17, 15) is 5.11 Å². The lowest BCUT2D eigenvalue weighted by Gasteiger charge is -2.09. The molecule has 0 radical (unpaired) electrons. The minimum absolute atomic E-state index is 0.340. The average Bonchev–Trinajstić information content (AvgIpc) is 2.96. The Morgan fingerprint density at radius 2 is 2.22 bits per heavy atom. The third-order valence-corrected chi connectivity index (χ3v) is 3.77. The zero-order valence-corrected chi connectivity index (χ0v) is 11.6. The molecule has 98 valence electrons. The summed E-state index contributed by atoms with van der Waals surface area (Å²) in [6, 6.07) is 4.16. The first-order valence-electron chi connectivity index (χ1n) is 5.95. The Morgan fingerprint density at radius 1 is 1.44 bits per heavy atom. The molecule has 2 aromatic heterocycles. The quantitative estimate of drug-likeness (QED) is 0.905. The van der Waals surface area contributed by atoms with Gasteiger partial charge in [0.15, 0.2) is 0 Å². The summed E-state index contributed by atoms with van der Waals surface area (Å²) in [7, 11) is 1.62. The summed E-state index contributed by atoms with van der Waals surface area (Å²) in [6.45, 7) is 4.16. The third kappa shape index (κ3) is 2.73. The highest BCUT2D eigenvalue weighted by atomic mass is 32.1. The minimum atomic E-state index is -0.560. The van der Waals surface area contributed by atoms with Crippen molar-refractivity contribution in [3.05, 3.63) is 34.3 Å². The van der Waals surface area contributed by atoms with Gasteiger partial charge in [-0.3, -0.25) is 4.68 Å². The second kappa shape index (κ2) is 5.54. The van der Waals surface area contributed by atoms with Crippen molar-refractivity contribution in [2.45, 2.75) is 32.4 Å². The molecule has 1 atom stereocenters. The molecule has 2 rings (SSSR count). The number of rotatable bonds is 5. The maximum absolute atomic E-state index is 10.2. The van der Waals surface area contributed by atoms with Crippen molar-refractivity contribution < 1.29 is 9.84 Å². The number of aliphatic hydroxyl groups excluding tert-OH is 1. The predicted octanol–water partition coefficient (Wildman–Crippen LogP) is 2.81. The Bertz CT molecular complexity index is 505. The van der Waals surface area contributed by atoms with E-state index in [0.29, 0.717) is 12.5 Å². The average molecular weight is 266 g/mol. The van der Waals surface area contributed by atoms with Gasteiger partial charge in [0.1, 0.15) is 5.75 Å². The van der Waals surface area contributed by atoms with E-state index >= 15 is 0 Å². The van der Waals surface area contributed by atoms with E-state index in [2.05, 4.69) is 18.9 Å². The van der Waals surface area contributed by atoms with E-state index in [4.69, 9.17) is 4.74 Å². The molecule has 2 aromatic rings. The SMILES string of the molecule is COc1ccsc1C(O)Cc1ccn(C(C)C)n1. The zero-order chi connectivity index (χ0) is 13.1. The first kappa shape index (κ1) is 13.1. The van der Waals surface area contributed by atoms with Crippen molar-refractivity contribution in [2.75, 3.05) is 7.11 Å². The van der Waals surface area contributed by atoms with Crippen LogP contribution in [-0.4, -0.2) is 22.0 Å². The lowest BCUT2D eigenvalue weighted by molar-refractivity contribution is 0.176. The van der Waals surface area contributed by atoms with Crippen molar-refractivity contribution in [3.8, 4) is 5.75 Å². The van der Waals surface area contributed by atoms with Crippen LogP contribution in [0.4, 0.5) is 0 Å². The molecule has 5 heteroatoms. The molecule has 0 saturated carbocycles. The summed E-state index contributed by atoms with van der Waals surface area (Å²) in [5.41, 5.74) is 0.895. The Labute approximate surface area is 111 Å². The minimum Gasteiger partial charge on any atom is -0.495 e. The Kier molecular flexibility index (Phi) is 4.04. The molecule has 0 aliphatic carbocycles. The van der Waals surface area contributed by atoms with Gasteiger partial charge in [0.25, 0.3) is 0 Å². The molecule has 0 aliphatic heterocycles. The molecule has 0 aromatic carbocycles. The molecule has 18 heavy (non-hydrogen) atoms. The number of methoxy groups -OCH3 is 1. The molecule has 0 bridgehead atoms. The van der Waals surface area contributed by atoms with Crippen LogP contribution in [0.25, 0.3) is 0 Å². The van der Waals surface area contributed by atoms with Crippen LogP contribution in [0.5, 0.6) is 5.75 Å². The fourth-order valence-corrected chi connectivity index (χ4v) is 2.63. The molecular formula is C13H18N2O2S. The van der Waals surface area contributed by atoms with Gasteiger partial charge in [-0.1, -0.05) is 0 Å². The molecule has 0 amide bonds. The van der Waals surface area contributed by atoms with Gasteiger partial charge in [-0.05, 0) is 31.4 Å². The van der Waals surface area contributed by atoms with Crippen molar-refractivity contribution in [2.24, 2.45) is 0 Å². The lowest BCUT2D eigenvalue weighted by Crippen LogP contribution is -2.05. The molecule has 1 unspecified atom stereocenters. The van der Waals surface area contributed by atoms with E-state index in [0.717, 1.165) is 16.3 Å². The van der Waals surface area contributed by atoms with E-state index in [1.807, 2.05) is 28.4 Å². The van der Waals surface area contributed by atoms with Crippen LogP contribution in [0.2, 0.25) is 0 Å². The normalized spacial score (nSPS) is 12.9. The molecule has 1 N–H and O–H groups in total. The van der Waals surface area contributed by atoms with E-state index < -0.39 is 6.10 Å². The molecule has 0 aliphatic rings. The molecule has 0 spiro atoms. The van der Waals surface area contributed by atoms with Gasteiger partial charge in [0, 0.05) is 18.7 Å². The Balaban J connectivity index is 2.08. The summed E-state index contributed by atoms with van der Waals surface area (Å²) in [5.74, 6) is 0.746. The summed E-state index contributed by atoms with van der Waals surface area (Å²) in [6.07, 6.45) is 1.89. The number of hydrogen-bond donors (Lipinski definition) is 1. The van der Waals surface area contributed by atoms with Gasteiger partial charge in [-0.2, -0.15) is 5.10 Å². The van der Waals surface area contributed by atoms with Crippen LogP contribution in [0, 0.1) is 0 Å². The van der Waals surface area contributed by atoms with E-state index in [-0.39, 0.29) is 0 Å². The Hall–Kier alpha value is -1.33. The first-order chi connectivity index (χ1) is 8.61. The molecule has 2 heterocycles. The molecule has 0 fully saturated rings. The van der Waals surface area contributed by atoms with Crippen LogP contribution >= 0.6 is 11.3 Å². The summed E-state index contributed by atoms with van der Waals surface area (Å²) < 4.78 is 7.11. The standard InChI is InChI=1S/C13H18N2O2S/c1-9(2)15-6-4-10(14-15)8-11(16)13-12(17-3)5-7-18-13/h4-7,9,11,16H,8H2,1-3H3. The first-order valence-corrected chi connectivity index (χ1v) is 6.83. The maximum Gasteiger partial charge on any atom is 0.135 e. The fraction of sp³-hybridized carbons (Fsp3) is 0.462. The molecule has 0 saturated heterocycles. The van der Waals surface area contributed by atoms with Gasteiger partial charge in [-0.25, -0.2) is 0 Å². The van der Waals surface area contributed by atoms with E-state index in [1.165, 1.54) is 11.3 Å². The molecule has 4 nitrogen and oxygen atoms in total. The van der Waals surface area contributed by atoms with Gasteiger partial charge < -0.3 is 9.84 Å². The van der Waals surface area contributed by atoms with Gasteiger partial charge in [0.2, 0.25) is 0 Å². The number of hydrogen-bond acceptors (Lipinski definition) is 4. The predicted molar refractivity (Wildman–Crippen MR) is 72.1 cm³/mol.